The molecular formula is C20H16ClN3O4S2. The van der Waals surface area contributed by atoms with Gasteiger partial charge < -0.3 is 4.74 Å². The number of carbonyl (C=O) groups is 1. The number of nitrogens with one attached hydrogen (secondary N) is 1. The van der Waals surface area contributed by atoms with Crippen molar-refractivity contribution in [2.45, 2.75) is 16.4 Å². The first-order valence-electron chi connectivity index (χ1n) is 8.83. The lowest BCUT2D eigenvalue weighted by Gasteiger charge is -2.08. The number of ether oxygens (including phenoxy) is 1. The molecule has 154 valence electrons. The fourth-order valence-electron chi connectivity index (χ4n) is 2.99. The largest absolute Gasteiger partial charge is 0.459 e. The summed E-state index contributed by atoms with van der Waals surface area (Å²) in [6, 6.07) is 14.1. The molecule has 1 aromatic heterocycles. The third kappa shape index (κ3) is 4.14. The normalized spacial score (nSPS) is 15.7. The van der Waals surface area contributed by atoms with E-state index in [-0.39, 0.29) is 29.0 Å². The van der Waals surface area contributed by atoms with Crippen LogP contribution in [-0.4, -0.2) is 38.0 Å². The highest BCUT2D eigenvalue weighted by molar-refractivity contribution is 7.98. The summed E-state index contributed by atoms with van der Waals surface area (Å²) >= 11 is 7.85. The zero-order valence-electron chi connectivity index (χ0n) is 15.8. The van der Waals surface area contributed by atoms with Crippen LogP contribution in [0.15, 0.2) is 63.3 Å². The Morgan fingerprint density at radius 1 is 1.23 bits per heavy atom. The van der Waals surface area contributed by atoms with Gasteiger partial charge in [0.2, 0.25) is 0 Å². The minimum atomic E-state index is -3.65. The fourth-order valence-corrected chi connectivity index (χ4v) is 4.88. The summed E-state index contributed by atoms with van der Waals surface area (Å²) < 4.78 is 31.7. The maximum absolute atomic E-state index is 12.1. The van der Waals surface area contributed by atoms with E-state index in [9.17, 15) is 13.2 Å². The van der Waals surface area contributed by atoms with E-state index < -0.39 is 16.0 Å². The number of pyridine rings is 1. The lowest BCUT2D eigenvalue weighted by molar-refractivity contribution is -0.143. The molecule has 0 bridgehead atoms. The number of aliphatic imine (C=N–C) groups is 1. The van der Waals surface area contributed by atoms with Gasteiger partial charge >= 0.3 is 5.97 Å². The Hall–Kier alpha value is -2.62. The van der Waals surface area contributed by atoms with E-state index in [0.717, 1.165) is 15.8 Å². The molecule has 0 saturated carbocycles. The number of halogens is 1. The summed E-state index contributed by atoms with van der Waals surface area (Å²) in [6.07, 6.45) is 1.98. The first kappa shape index (κ1) is 20.6. The highest BCUT2D eigenvalue weighted by Crippen LogP contribution is 2.25. The minimum absolute atomic E-state index is 0.0575. The van der Waals surface area contributed by atoms with E-state index >= 15 is 0 Å². The first-order valence-corrected chi connectivity index (χ1v) is 11.9. The lowest BCUT2D eigenvalue weighted by atomic mass is 10.2. The molecule has 1 aliphatic rings. The molecule has 1 N–H and O–H groups in total. The van der Waals surface area contributed by atoms with Crippen molar-refractivity contribution in [3.8, 4) is 0 Å². The molecule has 0 fully saturated rings. The monoisotopic (exact) mass is 461 g/mol. The quantitative estimate of drug-likeness (QED) is 0.355. The topological polar surface area (TPSA) is 97.7 Å². The average molecular weight is 462 g/mol. The Morgan fingerprint density at radius 2 is 2.03 bits per heavy atom. The molecule has 4 rings (SSSR count). The van der Waals surface area contributed by atoms with Crippen molar-refractivity contribution >= 4 is 56.1 Å². The first-order chi connectivity index (χ1) is 14.4. The Balaban J connectivity index is 1.45. The predicted molar refractivity (Wildman–Crippen MR) is 116 cm³/mol. The SMILES string of the molecule is CSc1ccc2cc(COC(=O)CN=C3NS(=O)(=O)c4ccccc43)c(Cl)nc2c1. The van der Waals surface area contributed by atoms with Crippen LogP contribution in [0.5, 0.6) is 0 Å². The van der Waals surface area contributed by atoms with Gasteiger partial charge in [-0.3, -0.25) is 14.5 Å². The summed E-state index contributed by atoms with van der Waals surface area (Å²) in [7, 11) is -3.65. The summed E-state index contributed by atoms with van der Waals surface area (Å²) in [5.74, 6) is -0.488. The van der Waals surface area contributed by atoms with Crippen molar-refractivity contribution in [3.05, 3.63) is 64.8 Å². The Kier molecular flexibility index (Phi) is 5.68. The smallest absolute Gasteiger partial charge is 0.328 e. The average Bonchev–Trinajstić information content (AvgIpc) is 3.00. The van der Waals surface area contributed by atoms with Crippen LogP contribution in [0.1, 0.15) is 11.1 Å². The van der Waals surface area contributed by atoms with Gasteiger partial charge in [-0.25, -0.2) is 13.4 Å². The summed E-state index contributed by atoms with van der Waals surface area (Å²) in [5.41, 5.74) is 1.77. The minimum Gasteiger partial charge on any atom is -0.459 e. The van der Waals surface area contributed by atoms with Crippen molar-refractivity contribution in [1.29, 1.82) is 0 Å². The summed E-state index contributed by atoms with van der Waals surface area (Å²) in [6.45, 7) is -0.389. The van der Waals surface area contributed by atoms with Crippen LogP contribution in [0.4, 0.5) is 0 Å². The molecule has 3 aromatic rings. The number of aromatic nitrogens is 1. The fraction of sp³-hybridized carbons (Fsp3) is 0.150. The van der Waals surface area contributed by atoms with Gasteiger partial charge in [0, 0.05) is 21.4 Å². The number of carbonyl (C=O) groups excluding carboxylic acids is 1. The molecule has 0 spiro atoms. The van der Waals surface area contributed by atoms with Crippen LogP contribution in [0.25, 0.3) is 10.9 Å². The maximum Gasteiger partial charge on any atom is 0.328 e. The van der Waals surface area contributed by atoms with E-state index in [2.05, 4.69) is 14.7 Å². The number of nitrogens with zero attached hydrogens (tertiary/aromatic N) is 2. The highest BCUT2D eigenvalue weighted by atomic mass is 35.5. The van der Waals surface area contributed by atoms with Gasteiger partial charge in [-0.05, 0) is 36.6 Å². The predicted octanol–water partition coefficient (Wildman–Crippen LogP) is 3.39. The van der Waals surface area contributed by atoms with Gasteiger partial charge in [0.1, 0.15) is 24.1 Å². The van der Waals surface area contributed by atoms with E-state index in [4.69, 9.17) is 16.3 Å². The third-order valence-electron chi connectivity index (χ3n) is 4.47. The molecular weight excluding hydrogens is 446 g/mol. The second kappa shape index (κ2) is 8.25. The molecule has 30 heavy (non-hydrogen) atoms. The van der Waals surface area contributed by atoms with Crippen molar-refractivity contribution in [2.24, 2.45) is 4.99 Å². The van der Waals surface area contributed by atoms with Crippen molar-refractivity contribution in [1.82, 2.24) is 9.71 Å². The number of amidine groups is 1. The molecule has 10 heteroatoms. The van der Waals surface area contributed by atoms with Crippen LogP contribution in [0.2, 0.25) is 5.15 Å². The number of sulfonamides is 1. The molecule has 2 heterocycles. The molecule has 1 aliphatic heterocycles. The Morgan fingerprint density at radius 3 is 2.83 bits per heavy atom. The molecule has 0 radical (unpaired) electrons. The third-order valence-corrected chi connectivity index (χ3v) is 6.92. The molecule has 0 aliphatic carbocycles. The van der Waals surface area contributed by atoms with Gasteiger partial charge in [0.05, 0.1) is 10.4 Å². The molecule has 0 unspecified atom stereocenters. The van der Waals surface area contributed by atoms with Gasteiger partial charge in [-0.1, -0.05) is 29.8 Å². The molecule has 0 atom stereocenters. The Bertz CT molecular complexity index is 1290. The zero-order valence-corrected chi connectivity index (χ0v) is 18.1. The number of thioether (sulfide) groups is 1. The van der Waals surface area contributed by atoms with Crippen LogP contribution in [-0.2, 0) is 26.2 Å². The Labute approximate surface area is 182 Å². The molecule has 0 amide bonds. The van der Waals surface area contributed by atoms with Gasteiger partial charge in [-0.15, -0.1) is 11.8 Å². The van der Waals surface area contributed by atoms with Crippen molar-refractivity contribution in [3.63, 3.8) is 0 Å². The van der Waals surface area contributed by atoms with Crippen LogP contribution < -0.4 is 4.72 Å². The second-order valence-corrected chi connectivity index (χ2v) is 9.31. The molecule has 7 nitrogen and oxygen atoms in total. The lowest BCUT2D eigenvalue weighted by Crippen LogP contribution is -2.23. The van der Waals surface area contributed by atoms with E-state index in [1.807, 2.05) is 30.5 Å². The van der Waals surface area contributed by atoms with Crippen molar-refractivity contribution in [2.75, 3.05) is 12.8 Å². The van der Waals surface area contributed by atoms with Crippen LogP contribution in [0.3, 0.4) is 0 Å². The summed E-state index contributed by atoms with van der Waals surface area (Å²) in [4.78, 5) is 21.8. The number of hydrogen-bond donors (Lipinski definition) is 1. The maximum atomic E-state index is 12.1. The van der Waals surface area contributed by atoms with Gasteiger partial charge in [0.15, 0.2) is 0 Å². The zero-order chi connectivity index (χ0) is 21.3. The van der Waals surface area contributed by atoms with E-state index in [0.29, 0.717) is 11.1 Å². The number of hydrogen-bond acceptors (Lipinski definition) is 7. The summed E-state index contributed by atoms with van der Waals surface area (Å²) in [5, 5.41) is 1.15. The second-order valence-electron chi connectivity index (χ2n) is 6.42. The van der Waals surface area contributed by atoms with Crippen LogP contribution >= 0.6 is 23.4 Å². The van der Waals surface area contributed by atoms with Crippen LogP contribution in [0, 0.1) is 0 Å². The van der Waals surface area contributed by atoms with Crippen molar-refractivity contribution < 1.29 is 17.9 Å². The molecule has 0 saturated heterocycles. The van der Waals surface area contributed by atoms with Gasteiger partial charge in [-0.2, -0.15) is 0 Å². The number of esters is 1. The number of fused-ring (bicyclic) bond motifs is 2. The van der Waals surface area contributed by atoms with E-state index in [1.165, 1.54) is 6.07 Å². The van der Waals surface area contributed by atoms with E-state index in [1.54, 1.807) is 30.0 Å². The number of rotatable bonds is 5. The molecule has 2 aromatic carbocycles. The van der Waals surface area contributed by atoms with Gasteiger partial charge in [0.25, 0.3) is 10.0 Å². The standard InChI is InChI=1S/C20H16ClN3O4S2/c1-29-14-7-6-12-8-13(19(21)23-16(12)9-14)11-28-18(25)10-22-20-15-4-2-3-5-17(15)30(26,27)24-20/h2-9H,10-11H2,1H3,(H,22,24). The number of benzene rings is 2. The highest BCUT2D eigenvalue weighted by Gasteiger charge is 2.30.